The summed E-state index contributed by atoms with van der Waals surface area (Å²) in [5, 5.41) is 18.4. The van der Waals surface area contributed by atoms with Crippen molar-refractivity contribution in [2.75, 3.05) is 0 Å². The van der Waals surface area contributed by atoms with Crippen molar-refractivity contribution in [2.45, 2.75) is 58.0 Å². The van der Waals surface area contributed by atoms with Crippen molar-refractivity contribution in [3.05, 3.63) is 0 Å². The van der Waals surface area contributed by atoms with Gasteiger partial charge in [0.15, 0.2) is 0 Å². The van der Waals surface area contributed by atoms with Gasteiger partial charge in [-0.3, -0.25) is 0 Å². The van der Waals surface area contributed by atoms with Gasteiger partial charge in [0.1, 0.15) is 0 Å². The van der Waals surface area contributed by atoms with Gasteiger partial charge in [0, 0.05) is 0 Å². The zero-order valence-electron chi connectivity index (χ0n) is 8.14. The van der Waals surface area contributed by atoms with Crippen LogP contribution in [0.1, 0.15) is 52.4 Å². The Bertz CT molecular complexity index is 150. The summed E-state index contributed by atoms with van der Waals surface area (Å²) in [4.78, 5) is 0. The minimum absolute atomic E-state index is 0.279. The fraction of sp³-hybridized carbons (Fsp3) is 0.900. The van der Waals surface area contributed by atoms with Crippen molar-refractivity contribution in [2.24, 2.45) is 0 Å². The molecule has 0 heterocycles. The number of unbranched alkanes of at least 4 members (excludes halogenated alkanes) is 1. The van der Waals surface area contributed by atoms with Crippen molar-refractivity contribution in [1.29, 1.82) is 5.26 Å². The minimum atomic E-state index is -0.709. The second-order valence-corrected chi connectivity index (χ2v) is 3.41. The van der Waals surface area contributed by atoms with Crippen LogP contribution in [0.2, 0.25) is 0 Å². The average molecular weight is 169 g/mol. The lowest BCUT2D eigenvalue weighted by atomic mass is 9.89. The van der Waals surface area contributed by atoms with E-state index in [4.69, 9.17) is 5.26 Å². The predicted octanol–water partition coefficient (Wildman–Crippen LogP) is 2.62. The first kappa shape index (κ1) is 11.4. The molecule has 1 N–H and O–H groups in total. The number of hydrogen-bond donors (Lipinski definition) is 1. The maximum absolute atomic E-state index is 9.92. The lowest BCUT2D eigenvalue weighted by Crippen LogP contribution is -2.27. The third-order valence-electron chi connectivity index (χ3n) is 2.12. The first-order valence-electron chi connectivity index (χ1n) is 4.78. The molecule has 0 aliphatic rings. The van der Waals surface area contributed by atoms with E-state index in [2.05, 4.69) is 13.0 Å². The molecule has 2 heteroatoms. The zero-order chi connectivity index (χ0) is 9.45. The zero-order valence-corrected chi connectivity index (χ0v) is 8.14. The molecule has 0 saturated carbocycles. The van der Waals surface area contributed by atoms with Gasteiger partial charge in [0.2, 0.25) is 0 Å². The third kappa shape index (κ3) is 4.35. The summed E-state index contributed by atoms with van der Waals surface area (Å²) in [6, 6.07) is 2.05. The normalized spacial score (nSPS) is 15.2. The molecule has 1 unspecified atom stereocenters. The molecule has 0 aliphatic heterocycles. The van der Waals surface area contributed by atoms with Gasteiger partial charge in [0.05, 0.1) is 18.1 Å². The molecule has 12 heavy (non-hydrogen) atoms. The second-order valence-electron chi connectivity index (χ2n) is 3.41. The Morgan fingerprint density at radius 2 is 1.92 bits per heavy atom. The highest BCUT2D eigenvalue weighted by Gasteiger charge is 2.24. The molecule has 0 aromatic carbocycles. The van der Waals surface area contributed by atoms with Gasteiger partial charge in [-0.15, -0.1) is 0 Å². The van der Waals surface area contributed by atoms with Gasteiger partial charge in [-0.25, -0.2) is 0 Å². The summed E-state index contributed by atoms with van der Waals surface area (Å²) in [6.07, 6.45) is 4.84. The van der Waals surface area contributed by atoms with Gasteiger partial charge >= 0.3 is 0 Å². The third-order valence-corrected chi connectivity index (χ3v) is 2.12. The highest BCUT2D eigenvalue weighted by molar-refractivity contribution is 4.88. The Hall–Kier alpha value is -0.550. The molecule has 0 fully saturated rings. The lowest BCUT2D eigenvalue weighted by molar-refractivity contribution is 0.0245. The van der Waals surface area contributed by atoms with E-state index in [1.807, 2.05) is 6.92 Å². The second kappa shape index (κ2) is 6.02. The maximum Gasteiger partial charge on any atom is 0.0777 e. The fourth-order valence-corrected chi connectivity index (χ4v) is 1.42. The van der Waals surface area contributed by atoms with Crippen LogP contribution in [0.3, 0.4) is 0 Å². The molecule has 0 spiro atoms. The molecular weight excluding hydrogens is 150 g/mol. The minimum Gasteiger partial charge on any atom is -0.389 e. The first-order chi connectivity index (χ1) is 5.68. The van der Waals surface area contributed by atoms with E-state index >= 15 is 0 Å². The first-order valence-corrected chi connectivity index (χ1v) is 4.78. The van der Waals surface area contributed by atoms with Crippen LogP contribution in [-0.2, 0) is 0 Å². The van der Waals surface area contributed by atoms with Crippen molar-refractivity contribution in [3.8, 4) is 6.07 Å². The van der Waals surface area contributed by atoms with Crippen LogP contribution in [0, 0.1) is 11.3 Å². The largest absolute Gasteiger partial charge is 0.389 e. The Labute approximate surface area is 75.2 Å². The Morgan fingerprint density at radius 3 is 2.33 bits per heavy atom. The SMILES string of the molecule is CCCCC(O)(CC#N)CCC. The summed E-state index contributed by atoms with van der Waals surface area (Å²) in [7, 11) is 0. The molecule has 0 radical (unpaired) electrons. The molecule has 0 aromatic rings. The molecule has 0 amide bonds. The average Bonchev–Trinajstić information content (AvgIpc) is 2.02. The van der Waals surface area contributed by atoms with Gasteiger partial charge in [-0.05, 0) is 12.8 Å². The van der Waals surface area contributed by atoms with Crippen LogP contribution in [0.25, 0.3) is 0 Å². The Morgan fingerprint density at radius 1 is 1.25 bits per heavy atom. The number of nitrogens with zero attached hydrogens (tertiary/aromatic N) is 1. The summed E-state index contributed by atoms with van der Waals surface area (Å²) >= 11 is 0. The van der Waals surface area contributed by atoms with Crippen LogP contribution < -0.4 is 0 Å². The Kier molecular flexibility index (Phi) is 5.74. The molecule has 1 atom stereocenters. The van der Waals surface area contributed by atoms with Crippen molar-refractivity contribution >= 4 is 0 Å². The summed E-state index contributed by atoms with van der Waals surface area (Å²) in [5.74, 6) is 0. The van der Waals surface area contributed by atoms with Crippen molar-refractivity contribution < 1.29 is 5.11 Å². The van der Waals surface area contributed by atoms with E-state index in [1.54, 1.807) is 0 Å². The highest BCUT2D eigenvalue weighted by Crippen LogP contribution is 2.23. The van der Waals surface area contributed by atoms with E-state index in [9.17, 15) is 5.11 Å². The number of rotatable bonds is 6. The van der Waals surface area contributed by atoms with E-state index in [0.717, 1.165) is 32.1 Å². The van der Waals surface area contributed by atoms with E-state index in [1.165, 1.54) is 0 Å². The monoisotopic (exact) mass is 169 g/mol. The van der Waals surface area contributed by atoms with Crippen molar-refractivity contribution in [3.63, 3.8) is 0 Å². The predicted molar refractivity (Wildman–Crippen MR) is 49.6 cm³/mol. The molecule has 70 valence electrons. The number of nitriles is 1. The summed E-state index contributed by atoms with van der Waals surface area (Å²) in [6.45, 7) is 4.13. The van der Waals surface area contributed by atoms with Crippen LogP contribution in [-0.4, -0.2) is 10.7 Å². The van der Waals surface area contributed by atoms with Gasteiger partial charge in [0.25, 0.3) is 0 Å². The van der Waals surface area contributed by atoms with Crippen molar-refractivity contribution in [1.82, 2.24) is 0 Å². The van der Waals surface area contributed by atoms with Gasteiger partial charge < -0.3 is 5.11 Å². The smallest absolute Gasteiger partial charge is 0.0777 e. The highest BCUT2D eigenvalue weighted by atomic mass is 16.3. The quantitative estimate of drug-likeness (QED) is 0.664. The van der Waals surface area contributed by atoms with Crippen LogP contribution >= 0.6 is 0 Å². The van der Waals surface area contributed by atoms with Crippen LogP contribution in [0.4, 0.5) is 0 Å². The summed E-state index contributed by atoms with van der Waals surface area (Å²) < 4.78 is 0. The Balaban J connectivity index is 3.91. The lowest BCUT2D eigenvalue weighted by Gasteiger charge is -2.24. The van der Waals surface area contributed by atoms with Crippen LogP contribution in [0.5, 0.6) is 0 Å². The molecule has 0 saturated heterocycles. The molecule has 0 rings (SSSR count). The molecular formula is C10H19NO. The van der Waals surface area contributed by atoms with Gasteiger partial charge in [-0.1, -0.05) is 33.1 Å². The topological polar surface area (TPSA) is 44.0 Å². The van der Waals surface area contributed by atoms with E-state index in [-0.39, 0.29) is 6.42 Å². The fourth-order valence-electron chi connectivity index (χ4n) is 1.42. The standard InChI is InChI=1S/C10H19NO/c1-3-5-7-10(12,6-4-2)8-9-11/h12H,3-8H2,1-2H3. The molecule has 2 nitrogen and oxygen atoms in total. The number of hydrogen-bond acceptors (Lipinski definition) is 2. The van der Waals surface area contributed by atoms with Gasteiger partial charge in [-0.2, -0.15) is 5.26 Å². The molecule has 0 aliphatic carbocycles. The summed E-state index contributed by atoms with van der Waals surface area (Å²) in [5.41, 5.74) is -0.709. The maximum atomic E-state index is 9.92. The van der Waals surface area contributed by atoms with Crippen LogP contribution in [0.15, 0.2) is 0 Å². The number of aliphatic hydroxyl groups is 1. The van der Waals surface area contributed by atoms with E-state index in [0.29, 0.717) is 0 Å². The molecule has 0 aromatic heterocycles. The van der Waals surface area contributed by atoms with E-state index < -0.39 is 5.60 Å². The molecule has 0 bridgehead atoms.